The van der Waals surface area contributed by atoms with Crippen molar-refractivity contribution in [3.05, 3.63) is 119 Å². The molecule has 2 aliphatic rings. The number of fused-ring (bicyclic) bond motifs is 6. The second kappa shape index (κ2) is 20.0. The van der Waals surface area contributed by atoms with E-state index in [9.17, 15) is 0 Å². The van der Waals surface area contributed by atoms with Gasteiger partial charge in [-0.15, -0.1) is 0 Å². The Kier molecular flexibility index (Phi) is 18.5. The van der Waals surface area contributed by atoms with Gasteiger partial charge in [-0.3, -0.25) is 0 Å². The monoisotopic (exact) mass is 581 g/mol. The topological polar surface area (TPSA) is 0 Å². The van der Waals surface area contributed by atoms with Crippen LogP contribution in [0.3, 0.4) is 0 Å². The summed E-state index contributed by atoms with van der Waals surface area (Å²) < 4.78 is 0. The quantitative estimate of drug-likeness (QED) is 0.210. The number of hydrogen-bond donors (Lipinski definition) is 0. The zero-order valence-corrected chi connectivity index (χ0v) is 30.5. The third-order valence-electron chi connectivity index (χ3n) is 7.80. The molecule has 0 atom stereocenters. The van der Waals surface area contributed by atoms with E-state index in [4.69, 9.17) is 0 Å². The molecule has 0 saturated carbocycles. The lowest BCUT2D eigenvalue weighted by atomic mass is 9.82. The predicted molar refractivity (Wildman–Crippen MR) is 199 cm³/mol. The van der Waals surface area contributed by atoms with Crippen molar-refractivity contribution in [3.63, 3.8) is 0 Å². The highest BCUT2D eigenvalue weighted by atomic mass is 14.4. The summed E-state index contributed by atoms with van der Waals surface area (Å²) in [5.74, 6) is 0.884. The van der Waals surface area contributed by atoms with E-state index in [2.05, 4.69) is 146 Å². The molecule has 0 unspecified atom stereocenters. The Hall–Kier alpha value is -3.12. The van der Waals surface area contributed by atoms with Gasteiger partial charge in [-0.25, -0.2) is 0 Å². The first-order valence-corrected chi connectivity index (χ1v) is 17.1. The summed E-state index contributed by atoms with van der Waals surface area (Å²) in [6.45, 7) is 31.9. The van der Waals surface area contributed by atoms with Crippen LogP contribution in [0, 0.1) is 5.92 Å². The van der Waals surface area contributed by atoms with Gasteiger partial charge in [-0.2, -0.15) is 0 Å². The Morgan fingerprint density at radius 1 is 0.395 bits per heavy atom. The highest BCUT2D eigenvalue weighted by Crippen LogP contribution is 2.49. The van der Waals surface area contributed by atoms with E-state index in [1.807, 2.05) is 55.4 Å². The third kappa shape index (κ3) is 9.43. The lowest BCUT2D eigenvalue weighted by molar-refractivity contribution is 0.626. The van der Waals surface area contributed by atoms with E-state index < -0.39 is 0 Å². The van der Waals surface area contributed by atoms with Crippen molar-refractivity contribution in [2.75, 3.05) is 0 Å². The van der Waals surface area contributed by atoms with E-state index in [1.54, 1.807) is 0 Å². The largest absolute Gasteiger partial charge is 0.0683 e. The normalized spacial score (nSPS) is 12.7. The van der Waals surface area contributed by atoms with Crippen molar-refractivity contribution in [1.29, 1.82) is 0 Å². The lowest BCUT2D eigenvalue weighted by Crippen LogP contribution is -2.14. The molecule has 6 rings (SSSR count). The Morgan fingerprint density at radius 2 is 0.558 bits per heavy atom. The summed E-state index contributed by atoms with van der Waals surface area (Å²) in [6, 6.07) is 34.9. The molecule has 0 N–H and O–H groups in total. The fraction of sp³-hybridized carbons (Fsp3) is 0.442. The molecule has 2 aliphatic carbocycles. The summed E-state index contributed by atoms with van der Waals surface area (Å²) in [6.07, 6.45) is 1.31. The Labute approximate surface area is 268 Å². The van der Waals surface area contributed by atoms with Gasteiger partial charge >= 0.3 is 0 Å². The summed E-state index contributed by atoms with van der Waals surface area (Å²) in [4.78, 5) is 0. The van der Waals surface area contributed by atoms with E-state index >= 15 is 0 Å². The van der Waals surface area contributed by atoms with E-state index in [-0.39, 0.29) is 10.8 Å². The molecule has 4 aromatic rings. The minimum absolute atomic E-state index is 0.160. The zero-order chi connectivity index (χ0) is 33.2. The maximum atomic E-state index is 2.30. The Morgan fingerprint density at radius 3 is 0.721 bits per heavy atom. The second-order valence-corrected chi connectivity index (χ2v) is 11.2. The molecule has 236 valence electrons. The van der Waals surface area contributed by atoms with Gasteiger partial charge in [0.25, 0.3) is 0 Å². The second-order valence-electron chi connectivity index (χ2n) is 11.2. The molecule has 0 fully saturated rings. The molecule has 4 aromatic carbocycles. The molecular formula is C43H64. The van der Waals surface area contributed by atoms with Gasteiger partial charge in [0, 0.05) is 10.8 Å². The number of rotatable bonds is 1. The van der Waals surface area contributed by atoms with Gasteiger partial charge in [0.05, 0.1) is 0 Å². The maximum Gasteiger partial charge on any atom is 0.0158 e. The molecular weight excluding hydrogens is 516 g/mol. The predicted octanol–water partition coefficient (Wildman–Crippen LogP) is 14.1. The van der Waals surface area contributed by atoms with Crippen LogP contribution in [0.5, 0.6) is 0 Å². The first-order valence-electron chi connectivity index (χ1n) is 17.1. The highest BCUT2D eigenvalue weighted by molar-refractivity contribution is 5.81. The fourth-order valence-corrected chi connectivity index (χ4v) is 5.34. The van der Waals surface area contributed by atoms with Crippen LogP contribution in [0.25, 0.3) is 22.3 Å². The van der Waals surface area contributed by atoms with Crippen LogP contribution < -0.4 is 0 Å². The van der Waals surface area contributed by atoms with E-state index in [0.717, 1.165) is 5.92 Å². The average Bonchev–Trinajstić information content (AvgIpc) is 3.46. The summed E-state index contributed by atoms with van der Waals surface area (Å²) in [5.41, 5.74) is 11.7. The van der Waals surface area contributed by atoms with Crippen molar-refractivity contribution < 1.29 is 0 Å². The van der Waals surface area contributed by atoms with Gasteiger partial charge in [0.15, 0.2) is 0 Å². The standard InChI is InChI=1S/2C15H14.C5H12.4C2H6/c2*1-15(2)13-9-5-3-7-11(13)12-8-4-6-10-14(12)15;1-4-5(2)3;4*1-2/h2*3-10H,1-2H3;5H,4H2,1-3H3;4*1-2H3. The molecule has 0 amide bonds. The van der Waals surface area contributed by atoms with Crippen molar-refractivity contribution in [2.45, 2.75) is 121 Å². The van der Waals surface area contributed by atoms with Crippen molar-refractivity contribution >= 4 is 0 Å². The minimum atomic E-state index is 0.160. The molecule has 0 saturated heterocycles. The first kappa shape index (κ1) is 39.9. The molecule has 0 heterocycles. The number of benzene rings is 4. The molecule has 43 heavy (non-hydrogen) atoms. The van der Waals surface area contributed by atoms with Crippen LogP contribution in [0.15, 0.2) is 97.1 Å². The molecule has 0 heteroatoms. The highest BCUT2D eigenvalue weighted by Gasteiger charge is 2.35. The van der Waals surface area contributed by atoms with Crippen molar-refractivity contribution in [2.24, 2.45) is 5.92 Å². The molecule has 0 nitrogen and oxygen atoms in total. The van der Waals surface area contributed by atoms with E-state index in [1.165, 1.54) is 50.9 Å². The van der Waals surface area contributed by atoms with Gasteiger partial charge in [-0.05, 0) is 50.4 Å². The summed E-state index contributed by atoms with van der Waals surface area (Å²) >= 11 is 0. The van der Waals surface area contributed by atoms with Crippen LogP contribution in [-0.4, -0.2) is 0 Å². The van der Waals surface area contributed by atoms with Crippen molar-refractivity contribution in [3.8, 4) is 22.3 Å². The third-order valence-corrected chi connectivity index (χ3v) is 7.80. The van der Waals surface area contributed by atoms with Crippen LogP contribution in [0.1, 0.15) is 133 Å². The van der Waals surface area contributed by atoms with Gasteiger partial charge in [0.1, 0.15) is 0 Å². The van der Waals surface area contributed by atoms with Crippen molar-refractivity contribution in [1.82, 2.24) is 0 Å². The van der Waals surface area contributed by atoms with Gasteiger partial charge in [0.2, 0.25) is 0 Å². The zero-order valence-electron chi connectivity index (χ0n) is 30.5. The van der Waals surface area contributed by atoms with Gasteiger partial charge < -0.3 is 0 Å². The molecule has 0 aliphatic heterocycles. The Balaban J connectivity index is 0.000000595. The maximum absolute atomic E-state index is 2.30. The Bertz CT molecular complexity index is 1110. The summed E-state index contributed by atoms with van der Waals surface area (Å²) in [7, 11) is 0. The first-order chi connectivity index (χ1) is 20.7. The number of hydrogen-bond acceptors (Lipinski definition) is 0. The molecule has 0 aromatic heterocycles. The molecule has 0 spiro atoms. The molecule has 0 bridgehead atoms. The van der Waals surface area contributed by atoms with Crippen LogP contribution in [-0.2, 0) is 10.8 Å². The smallest absolute Gasteiger partial charge is 0.0158 e. The average molecular weight is 581 g/mol. The fourth-order valence-electron chi connectivity index (χ4n) is 5.34. The van der Waals surface area contributed by atoms with Gasteiger partial charge in [-0.1, -0.05) is 207 Å². The van der Waals surface area contributed by atoms with Crippen LogP contribution in [0.4, 0.5) is 0 Å². The van der Waals surface area contributed by atoms with Crippen LogP contribution in [0.2, 0.25) is 0 Å². The SMILES string of the molecule is CC.CC.CC.CC.CC1(C)c2ccccc2-c2ccccc21.CC1(C)c2ccccc2-c2ccccc21.CCC(C)C. The summed E-state index contributed by atoms with van der Waals surface area (Å²) in [5, 5.41) is 0. The van der Waals surface area contributed by atoms with E-state index in [0.29, 0.717) is 0 Å². The molecule has 0 radical (unpaired) electrons. The van der Waals surface area contributed by atoms with Crippen LogP contribution >= 0.6 is 0 Å². The lowest BCUT2D eigenvalue weighted by Gasteiger charge is -2.20. The minimum Gasteiger partial charge on any atom is -0.0683 e.